The van der Waals surface area contributed by atoms with Crippen molar-refractivity contribution in [3.63, 3.8) is 0 Å². The van der Waals surface area contributed by atoms with Crippen LogP contribution in [0.5, 0.6) is 0 Å². The summed E-state index contributed by atoms with van der Waals surface area (Å²) in [5.41, 5.74) is 1.90. The van der Waals surface area contributed by atoms with Gasteiger partial charge in [-0.2, -0.15) is 0 Å². The van der Waals surface area contributed by atoms with Crippen LogP contribution in [0, 0.1) is 4.91 Å². The molecule has 0 unspecified atom stereocenters. The number of nitrogens with one attached hydrogen (secondary N) is 1. The molecule has 0 saturated carbocycles. The van der Waals surface area contributed by atoms with Crippen molar-refractivity contribution >= 4 is 16.6 Å². The highest BCUT2D eigenvalue weighted by atomic mass is 16.3. The second kappa shape index (κ2) is 4.53. The molecule has 0 aliphatic carbocycles. The molecular weight excluding hydrogens is 242 g/mol. The lowest BCUT2D eigenvalue weighted by Crippen LogP contribution is -2.06. The van der Waals surface area contributed by atoms with Gasteiger partial charge in [0.15, 0.2) is 0 Å². The van der Waals surface area contributed by atoms with Crippen molar-refractivity contribution < 1.29 is 0 Å². The lowest BCUT2D eigenvalue weighted by atomic mass is 10.2. The van der Waals surface area contributed by atoms with Gasteiger partial charge in [0, 0.05) is 0 Å². The summed E-state index contributed by atoms with van der Waals surface area (Å²) in [4.78, 5) is 22.3. The van der Waals surface area contributed by atoms with E-state index >= 15 is 0 Å². The summed E-state index contributed by atoms with van der Waals surface area (Å²) < 4.78 is 1.77. The maximum atomic E-state index is 11.8. The molecule has 3 aromatic rings. The van der Waals surface area contributed by atoms with Crippen molar-refractivity contribution in [2.45, 2.75) is 6.54 Å². The molecule has 0 saturated heterocycles. The van der Waals surface area contributed by atoms with E-state index in [4.69, 9.17) is 0 Å². The lowest BCUT2D eigenvalue weighted by molar-refractivity contribution is 0.703. The molecule has 0 aliphatic rings. The minimum Gasteiger partial charge on any atom is -0.280 e. The number of aromatic amines is 1. The maximum Gasteiger partial charge on any atom is 0.272 e. The summed E-state index contributed by atoms with van der Waals surface area (Å²) in [6.45, 7) is 0.577. The Morgan fingerprint density at radius 2 is 1.89 bits per heavy atom. The van der Waals surface area contributed by atoms with Gasteiger partial charge in [0.2, 0.25) is 0 Å². The van der Waals surface area contributed by atoms with Gasteiger partial charge in [-0.25, -0.2) is 0 Å². The molecule has 0 amide bonds. The van der Waals surface area contributed by atoms with Gasteiger partial charge in [-0.15, -0.1) is 4.91 Å². The van der Waals surface area contributed by atoms with Gasteiger partial charge in [-0.05, 0) is 28.9 Å². The van der Waals surface area contributed by atoms with Gasteiger partial charge in [0.25, 0.3) is 5.56 Å². The monoisotopic (exact) mass is 253 g/mol. The van der Waals surface area contributed by atoms with Gasteiger partial charge in [-0.3, -0.25) is 14.6 Å². The predicted octanol–water partition coefficient (Wildman–Crippen LogP) is 2.78. The van der Waals surface area contributed by atoms with Crippen LogP contribution in [-0.2, 0) is 6.54 Å². The van der Waals surface area contributed by atoms with E-state index in [0.29, 0.717) is 11.9 Å². The predicted molar refractivity (Wildman–Crippen MR) is 73.6 cm³/mol. The second-order valence-corrected chi connectivity index (χ2v) is 4.31. The summed E-state index contributed by atoms with van der Waals surface area (Å²) in [7, 11) is 0. The first-order chi connectivity index (χ1) is 9.28. The Balaban J connectivity index is 2.10. The number of nitroso groups, excluding NO2 is 1. The molecule has 94 valence electrons. The Morgan fingerprint density at radius 1 is 1.11 bits per heavy atom. The number of hydrogen-bond donors (Lipinski definition) is 1. The molecule has 1 aromatic heterocycles. The van der Waals surface area contributed by atoms with Gasteiger partial charge in [-0.1, -0.05) is 30.3 Å². The third-order valence-corrected chi connectivity index (χ3v) is 3.04. The van der Waals surface area contributed by atoms with Gasteiger partial charge in [0.05, 0.1) is 17.4 Å². The summed E-state index contributed by atoms with van der Waals surface area (Å²) >= 11 is 0. The summed E-state index contributed by atoms with van der Waals surface area (Å²) in [5, 5.41) is 6.09. The topological polar surface area (TPSA) is 67.2 Å². The average molecular weight is 253 g/mol. The van der Waals surface area contributed by atoms with Gasteiger partial charge >= 0.3 is 0 Å². The molecule has 5 heteroatoms. The number of fused-ring (bicyclic) bond motifs is 1. The molecule has 1 heterocycles. The third-order valence-electron chi connectivity index (χ3n) is 3.04. The summed E-state index contributed by atoms with van der Waals surface area (Å²) in [5.74, 6) is 0. The first-order valence-corrected chi connectivity index (χ1v) is 5.88. The smallest absolute Gasteiger partial charge is 0.272 e. The molecule has 5 nitrogen and oxygen atoms in total. The Hall–Kier alpha value is -2.69. The van der Waals surface area contributed by atoms with Crippen LogP contribution < -0.4 is 5.56 Å². The third kappa shape index (κ3) is 2.06. The Morgan fingerprint density at radius 3 is 2.63 bits per heavy atom. The highest BCUT2D eigenvalue weighted by Gasteiger charge is 2.07. The zero-order valence-corrected chi connectivity index (χ0v) is 10.0. The van der Waals surface area contributed by atoms with Crippen LogP contribution in [0.15, 0.2) is 58.5 Å². The van der Waals surface area contributed by atoms with Crippen LogP contribution in [0.1, 0.15) is 5.56 Å². The zero-order chi connectivity index (χ0) is 13.2. The van der Waals surface area contributed by atoms with E-state index in [1.165, 1.54) is 6.07 Å². The van der Waals surface area contributed by atoms with Crippen LogP contribution in [0.3, 0.4) is 0 Å². The van der Waals surface area contributed by atoms with Crippen LogP contribution in [-0.4, -0.2) is 9.78 Å². The SMILES string of the molecule is O=Nc1ccc2c(c1)c(=O)[nH]n2Cc1ccccc1. The van der Waals surface area contributed by atoms with Gasteiger partial charge < -0.3 is 0 Å². The second-order valence-electron chi connectivity index (χ2n) is 4.31. The summed E-state index contributed by atoms with van der Waals surface area (Å²) in [6, 6.07) is 14.7. The number of aromatic nitrogens is 2. The fraction of sp³-hybridized carbons (Fsp3) is 0.0714. The highest BCUT2D eigenvalue weighted by Crippen LogP contribution is 2.19. The number of nitrogens with zero attached hydrogens (tertiary/aromatic N) is 2. The molecule has 1 N–H and O–H groups in total. The fourth-order valence-corrected chi connectivity index (χ4v) is 2.13. The van der Waals surface area contributed by atoms with Crippen LogP contribution in [0.25, 0.3) is 10.9 Å². The minimum atomic E-state index is -0.212. The minimum absolute atomic E-state index is 0.212. The van der Waals surface area contributed by atoms with E-state index < -0.39 is 0 Å². The molecule has 2 aromatic carbocycles. The maximum absolute atomic E-state index is 11.8. The number of H-pyrrole nitrogens is 1. The Bertz CT molecular complexity index is 787. The lowest BCUT2D eigenvalue weighted by Gasteiger charge is -2.04. The van der Waals surface area contributed by atoms with Crippen molar-refractivity contribution in [3.05, 3.63) is 69.4 Å². The fourth-order valence-electron chi connectivity index (χ4n) is 2.13. The molecule has 0 spiro atoms. The van der Waals surface area contributed by atoms with Crippen LogP contribution in [0.2, 0.25) is 0 Å². The average Bonchev–Trinajstić information content (AvgIpc) is 2.76. The number of rotatable bonds is 3. The van der Waals surface area contributed by atoms with Gasteiger partial charge in [0.1, 0.15) is 5.69 Å². The normalized spacial score (nSPS) is 10.7. The van der Waals surface area contributed by atoms with Crippen molar-refractivity contribution in [1.82, 2.24) is 9.78 Å². The van der Waals surface area contributed by atoms with Crippen molar-refractivity contribution in [3.8, 4) is 0 Å². The standard InChI is InChI=1S/C14H11N3O2/c18-14-12-8-11(16-19)6-7-13(12)17(15-14)9-10-4-2-1-3-5-10/h1-8H,9H2,(H,15,18). The van der Waals surface area contributed by atoms with E-state index in [-0.39, 0.29) is 11.2 Å². The van der Waals surface area contributed by atoms with E-state index in [1.807, 2.05) is 30.3 Å². The molecule has 0 radical (unpaired) electrons. The Labute approximate surface area is 108 Å². The molecule has 0 atom stereocenters. The van der Waals surface area contributed by atoms with Crippen molar-refractivity contribution in [2.75, 3.05) is 0 Å². The molecule has 3 rings (SSSR count). The van der Waals surface area contributed by atoms with E-state index in [0.717, 1.165) is 11.1 Å². The molecule has 0 aliphatic heterocycles. The largest absolute Gasteiger partial charge is 0.280 e. The molecule has 0 bridgehead atoms. The first kappa shape index (κ1) is 11.4. The number of hydrogen-bond acceptors (Lipinski definition) is 3. The first-order valence-electron chi connectivity index (χ1n) is 5.88. The number of benzene rings is 2. The van der Waals surface area contributed by atoms with E-state index in [9.17, 15) is 9.70 Å². The van der Waals surface area contributed by atoms with E-state index in [2.05, 4.69) is 10.3 Å². The quantitative estimate of drug-likeness (QED) is 0.729. The highest BCUT2D eigenvalue weighted by molar-refractivity contribution is 5.81. The van der Waals surface area contributed by atoms with Crippen LogP contribution >= 0.6 is 0 Å². The molecule has 0 fully saturated rings. The van der Waals surface area contributed by atoms with Crippen molar-refractivity contribution in [1.29, 1.82) is 0 Å². The Kier molecular flexibility index (Phi) is 2.72. The van der Waals surface area contributed by atoms with E-state index in [1.54, 1.807) is 16.8 Å². The molecule has 19 heavy (non-hydrogen) atoms. The molecular formula is C14H11N3O2. The zero-order valence-electron chi connectivity index (χ0n) is 10.0. The van der Waals surface area contributed by atoms with Crippen molar-refractivity contribution in [2.24, 2.45) is 5.18 Å². The van der Waals surface area contributed by atoms with Crippen LogP contribution in [0.4, 0.5) is 5.69 Å². The summed E-state index contributed by atoms with van der Waals surface area (Å²) in [6.07, 6.45) is 0.